The molecular formula is C23H38N4O2. The number of hydrogen-bond acceptors (Lipinski definition) is 4. The number of ether oxygens (including phenoxy) is 1. The van der Waals surface area contributed by atoms with Crippen LogP contribution in [0.4, 0.5) is 0 Å². The minimum Gasteiger partial charge on any atom is -0.389 e. The smallest absolute Gasteiger partial charge is 0.191 e. The van der Waals surface area contributed by atoms with E-state index in [1.165, 1.54) is 19.3 Å². The highest BCUT2D eigenvalue weighted by molar-refractivity contribution is 5.80. The standard InChI is InChI=1S/C23H38N4O2/c1-4-24-23(26-19-13-20-11-8-12-21(14-19)27(20)3)25-15-22(28)16-29-17(2)18-9-6-5-7-10-18/h5-7,9-10,17,19-22,28H,4,8,11-16H2,1-3H3,(H2,24,25,26). The van der Waals surface area contributed by atoms with Crippen molar-refractivity contribution >= 4 is 5.96 Å². The lowest BCUT2D eigenvalue weighted by Gasteiger charge is -2.47. The van der Waals surface area contributed by atoms with Crippen LogP contribution in [0.15, 0.2) is 35.3 Å². The Morgan fingerprint density at radius 3 is 2.59 bits per heavy atom. The fourth-order valence-corrected chi connectivity index (χ4v) is 4.57. The second-order valence-corrected chi connectivity index (χ2v) is 8.48. The molecule has 3 N–H and O–H groups in total. The van der Waals surface area contributed by atoms with Crippen molar-refractivity contribution in [1.82, 2.24) is 15.5 Å². The van der Waals surface area contributed by atoms with E-state index in [-0.39, 0.29) is 12.7 Å². The van der Waals surface area contributed by atoms with E-state index in [1.54, 1.807) is 0 Å². The molecule has 6 heteroatoms. The van der Waals surface area contributed by atoms with Gasteiger partial charge in [-0.2, -0.15) is 0 Å². The van der Waals surface area contributed by atoms with Crippen LogP contribution in [0.2, 0.25) is 0 Å². The molecule has 3 rings (SSSR count). The Labute approximate surface area is 175 Å². The Kier molecular flexibility index (Phi) is 8.33. The number of hydrogen-bond donors (Lipinski definition) is 3. The quantitative estimate of drug-likeness (QED) is 0.461. The van der Waals surface area contributed by atoms with E-state index in [4.69, 9.17) is 4.74 Å². The number of aliphatic hydroxyl groups is 1. The zero-order valence-corrected chi connectivity index (χ0v) is 18.2. The van der Waals surface area contributed by atoms with Gasteiger partial charge in [0.1, 0.15) is 0 Å². The summed E-state index contributed by atoms with van der Waals surface area (Å²) in [5.74, 6) is 0.801. The molecule has 0 radical (unpaired) electrons. The van der Waals surface area contributed by atoms with E-state index in [9.17, 15) is 5.11 Å². The highest BCUT2D eigenvalue weighted by atomic mass is 16.5. The number of nitrogens with one attached hydrogen (secondary N) is 2. The third-order valence-corrected chi connectivity index (χ3v) is 6.29. The Balaban J connectivity index is 1.47. The molecule has 0 amide bonds. The van der Waals surface area contributed by atoms with Crippen LogP contribution < -0.4 is 10.6 Å². The van der Waals surface area contributed by atoms with Gasteiger partial charge in [0.2, 0.25) is 0 Å². The van der Waals surface area contributed by atoms with Crippen molar-refractivity contribution in [2.75, 3.05) is 26.7 Å². The predicted molar refractivity (Wildman–Crippen MR) is 118 cm³/mol. The van der Waals surface area contributed by atoms with Crippen molar-refractivity contribution in [1.29, 1.82) is 0 Å². The molecule has 2 aliphatic heterocycles. The number of aliphatic hydroxyl groups excluding tert-OH is 1. The molecule has 2 aliphatic rings. The fraction of sp³-hybridized carbons (Fsp3) is 0.696. The first-order chi connectivity index (χ1) is 14.1. The van der Waals surface area contributed by atoms with Crippen LogP contribution in [0.25, 0.3) is 0 Å². The molecule has 1 aromatic rings. The molecule has 0 aliphatic carbocycles. The van der Waals surface area contributed by atoms with Crippen LogP contribution in [-0.4, -0.2) is 66.9 Å². The maximum absolute atomic E-state index is 10.3. The molecule has 0 aromatic heterocycles. The summed E-state index contributed by atoms with van der Waals surface area (Å²) >= 11 is 0. The van der Waals surface area contributed by atoms with E-state index < -0.39 is 6.10 Å². The van der Waals surface area contributed by atoms with Crippen molar-refractivity contribution in [2.24, 2.45) is 4.99 Å². The zero-order valence-electron chi connectivity index (χ0n) is 18.2. The lowest BCUT2D eigenvalue weighted by Crippen LogP contribution is -2.56. The highest BCUT2D eigenvalue weighted by Crippen LogP contribution is 2.32. The summed E-state index contributed by atoms with van der Waals surface area (Å²) in [6, 6.07) is 11.9. The molecule has 2 heterocycles. The molecule has 2 bridgehead atoms. The molecule has 162 valence electrons. The third-order valence-electron chi connectivity index (χ3n) is 6.29. The number of aliphatic imine (C=N–C) groups is 1. The van der Waals surface area contributed by atoms with Crippen molar-refractivity contribution in [2.45, 2.75) is 76.3 Å². The molecule has 2 saturated heterocycles. The Hall–Kier alpha value is -1.63. The minimum atomic E-state index is -0.617. The summed E-state index contributed by atoms with van der Waals surface area (Å²) in [6.07, 6.45) is 5.63. The van der Waals surface area contributed by atoms with Gasteiger partial charge in [-0.15, -0.1) is 0 Å². The van der Waals surface area contributed by atoms with Crippen LogP contribution in [0.1, 0.15) is 57.6 Å². The number of piperidine rings is 2. The predicted octanol–water partition coefficient (Wildman–Crippen LogP) is 2.70. The Morgan fingerprint density at radius 2 is 1.93 bits per heavy atom. The van der Waals surface area contributed by atoms with Gasteiger partial charge < -0.3 is 25.4 Å². The van der Waals surface area contributed by atoms with E-state index in [0.717, 1.165) is 30.9 Å². The van der Waals surface area contributed by atoms with Gasteiger partial charge in [0, 0.05) is 24.7 Å². The Bertz CT molecular complexity index is 625. The van der Waals surface area contributed by atoms with Gasteiger partial charge in [-0.3, -0.25) is 4.99 Å². The van der Waals surface area contributed by atoms with Crippen molar-refractivity contribution < 1.29 is 9.84 Å². The first-order valence-electron chi connectivity index (χ1n) is 11.2. The summed E-state index contributed by atoms with van der Waals surface area (Å²) < 4.78 is 5.83. The van der Waals surface area contributed by atoms with Crippen LogP contribution >= 0.6 is 0 Å². The largest absolute Gasteiger partial charge is 0.389 e. The maximum Gasteiger partial charge on any atom is 0.191 e. The summed E-state index contributed by atoms with van der Waals surface area (Å²) in [4.78, 5) is 7.19. The van der Waals surface area contributed by atoms with Gasteiger partial charge in [-0.1, -0.05) is 36.8 Å². The molecule has 6 nitrogen and oxygen atoms in total. The molecule has 4 unspecified atom stereocenters. The minimum absolute atomic E-state index is 0.0418. The Morgan fingerprint density at radius 1 is 1.24 bits per heavy atom. The number of rotatable bonds is 8. The normalized spacial score (nSPS) is 27.3. The third kappa shape index (κ3) is 6.43. The first kappa shape index (κ1) is 22.1. The molecule has 2 fully saturated rings. The van der Waals surface area contributed by atoms with E-state index in [1.807, 2.05) is 37.3 Å². The average Bonchev–Trinajstić information content (AvgIpc) is 2.71. The van der Waals surface area contributed by atoms with Gasteiger partial charge in [-0.25, -0.2) is 0 Å². The van der Waals surface area contributed by atoms with Crippen molar-refractivity contribution in [3.05, 3.63) is 35.9 Å². The monoisotopic (exact) mass is 402 g/mol. The summed E-state index contributed by atoms with van der Waals surface area (Å²) in [6.45, 7) is 5.49. The second kappa shape index (κ2) is 11.0. The molecule has 0 saturated carbocycles. The van der Waals surface area contributed by atoms with Gasteiger partial charge in [0.25, 0.3) is 0 Å². The van der Waals surface area contributed by atoms with Crippen LogP contribution in [-0.2, 0) is 4.74 Å². The molecule has 4 atom stereocenters. The molecule has 1 aromatic carbocycles. The molecular weight excluding hydrogens is 364 g/mol. The lowest BCUT2D eigenvalue weighted by molar-refractivity contribution is 0.00109. The van der Waals surface area contributed by atoms with Crippen LogP contribution in [0, 0.1) is 0 Å². The first-order valence-corrected chi connectivity index (χ1v) is 11.2. The summed E-state index contributed by atoms with van der Waals surface area (Å²) in [7, 11) is 2.27. The summed E-state index contributed by atoms with van der Waals surface area (Å²) in [5.41, 5.74) is 1.12. The number of guanidine groups is 1. The molecule has 29 heavy (non-hydrogen) atoms. The van der Waals surface area contributed by atoms with E-state index in [0.29, 0.717) is 24.7 Å². The van der Waals surface area contributed by atoms with Crippen LogP contribution in [0.3, 0.4) is 0 Å². The topological polar surface area (TPSA) is 69.1 Å². The van der Waals surface area contributed by atoms with Gasteiger partial charge in [0.15, 0.2) is 5.96 Å². The zero-order chi connectivity index (χ0) is 20.6. The van der Waals surface area contributed by atoms with Crippen molar-refractivity contribution in [3.63, 3.8) is 0 Å². The van der Waals surface area contributed by atoms with E-state index in [2.05, 4.69) is 34.5 Å². The van der Waals surface area contributed by atoms with Crippen molar-refractivity contribution in [3.8, 4) is 0 Å². The number of nitrogens with zero attached hydrogens (tertiary/aromatic N) is 2. The SMILES string of the molecule is CCNC(=NCC(O)COC(C)c1ccccc1)NC1CC2CCCC(C1)N2C. The lowest BCUT2D eigenvalue weighted by atomic mass is 9.82. The summed E-state index contributed by atoms with van der Waals surface area (Å²) in [5, 5.41) is 17.3. The number of benzene rings is 1. The number of fused-ring (bicyclic) bond motifs is 2. The van der Waals surface area contributed by atoms with Crippen LogP contribution in [0.5, 0.6) is 0 Å². The van der Waals surface area contributed by atoms with Gasteiger partial charge >= 0.3 is 0 Å². The van der Waals surface area contributed by atoms with Gasteiger partial charge in [0.05, 0.1) is 25.4 Å². The van der Waals surface area contributed by atoms with Gasteiger partial charge in [-0.05, 0) is 52.1 Å². The highest BCUT2D eigenvalue weighted by Gasteiger charge is 2.36. The fourth-order valence-electron chi connectivity index (χ4n) is 4.57. The molecule has 0 spiro atoms. The van der Waals surface area contributed by atoms with E-state index >= 15 is 0 Å². The average molecular weight is 403 g/mol. The second-order valence-electron chi connectivity index (χ2n) is 8.48. The maximum atomic E-state index is 10.3.